The van der Waals surface area contributed by atoms with Gasteiger partial charge in [-0.3, -0.25) is 4.79 Å². The normalized spacial score (nSPS) is 10.1. The van der Waals surface area contributed by atoms with Crippen molar-refractivity contribution in [1.82, 2.24) is 9.97 Å². The predicted molar refractivity (Wildman–Crippen MR) is 77.2 cm³/mol. The third-order valence-electron chi connectivity index (χ3n) is 2.41. The summed E-state index contributed by atoms with van der Waals surface area (Å²) in [6, 6.07) is 7.32. The molecule has 0 amide bonds. The van der Waals surface area contributed by atoms with Crippen molar-refractivity contribution < 1.29 is 14.6 Å². The van der Waals surface area contributed by atoms with Gasteiger partial charge in [0.15, 0.2) is 0 Å². The lowest BCUT2D eigenvalue weighted by Gasteiger charge is -2.14. The van der Waals surface area contributed by atoms with E-state index in [1.54, 1.807) is 19.2 Å². The van der Waals surface area contributed by atoms with E-state index >= 15 is 0 Å². The molecule has 0 bridgehead atoms. The number of likely N-dealkylation sites (N-methyl/N-ethyl adjacent to an activating group) is 1. The average molecular weight is 338 g/mol. The minimum atomic E-state index is -0.926. The summed E-state index contributed by atoms with van der Waals surface area (Å²) in [5.41, 5.74) is 0. The van der Waals surface area contributed by atoms with Crippen LogP contribution in [0.25, 0.3) is 0 Å². The molecule has 0 radical (unpaired) electrons. The molecule has 7 heteroatoms. The van der Waals surface area contributed by atoms with E-state index in [-0.39, 0.29) is 6.54 Å². The molecule has 0 spiro atoms. The number of hydrogen-bond acceptors (Lipinski definition) is 5. The van der Waals surface area contributed by atoms with Crippen molar-refractivity contribution in [3.63, 3.8) is 0 Å². The second-order valence-electron chi connectivity index (χ2n) is 4.02. The SMILES string of the molecule is CN(CC(=O)O)c1cnc(Oc2ccc(Br)cc2)cn1. The zero-order valence-electron chi connectivity index (χ0n) is 10.7. The van der Waals surface area contributed by atoms with E-state index in [0.29, 0.717) is 17.4 Å². The number of carbonyl (C=O) groups is 1. The first-order chi connectivity index (χ1) is 9.54. The van der Waals surface area contributed by atoms with Crippen LogP contribution >= 0.6 is 15.9 Å². The lowest BCUT2D eigenvalue weighted by atomic mass is 10.3. The molecule has 1 aromatic carbocycles. The van der Waals surface area contributed by atoms with E-state index < -0.39 is 5.97 Å². The number of aromatic nitrogens is 2. The molecule has 0 aliphatic heterocycles. The van der Waals surface area contributed by atoms with Crippen molar-refractivity contribution in [2.24, 2.45) is 0 Å². The molecule has 20 heavy (non-hydrogen) atoms. The lowest BCUT2D eigenvalue weighted by Crippen LogP contribution is -2.25. The molecule has 0 saturated carbocycles. The van der Waals surface area contributed by atoms with Crippen LogP contribution in [0.2, 0.25) is 0 Å². The van der Waals surface area contributed by atoms with Crippen LogP contribution in [0.15, 0.2) is 41.1 Å². The number of aliphatic carboxylic acids is 1. The molecule has 6 nitrogen and oxygen atoms in total. The minimum Gasteiger partial charge on any atom is -0.480 e. The Labute approximate surface area is 124 Å². The summed E-state index contributed by atoms with van der Waals surface area (Å²) in [5.74, 6) is 0.536. The fraction of sp³-hybridized carbons (Fsp3) is 0.154. The molecule has 0 aliphatic carbocycles. The van der Waals surface area contributed by atoms with Crippen LogP contribution in [0.4, 0.5) is 5.82 Å². The van der Waals surface area contributed by atoms with Crippen molar-refractivity contribution in [3.05, 3.63) is 41.1 Å². The summed E-state index contributed by atoms with van der Waals surface area (Å²) in [6.45, 7) is -0.137. The number of carboxylic acids is 1. The third-order valence-corrected chi connectivity index (χ3v) is 2.94. The van der Waals surface area contributed by atoms with Gasteiger partial charge in [0.1, 0.15) is 18.1 Å². The van der Waals surface area contributed by atoms with Crippen LogP contribution in [0, 0.1) is 0 Å². The summed E-state index contributed by atoms with van der Waals surface area (Å²) in [7, 11) is 1.63. The van der Waals surface area contributed by atoms with E-state index in [1.807, 2.05) is 12.1 Å². The highest BCUT2D eigenvalue weighted by atomic mass is 79.9. The fourth-order valence-corrected chi connectivity index (χ4v) is 1.73. The van der Waals surface area contributed by atoms with E-state index in [1.165, 1.54) is 17.3 Å². The van der Waals surface area contributed by atoms with E-state index in [2.05, 4.69) is 25.9 Å². The van der Waals surface area contributed by atoms with Gasteiger partial charge in [-0.25, -0.2) is 9.97 Å². The number of carboxylic acid groups (broad SMARTS) is 1. The smallest absolute Gasteiger partial charge is 0.323 e. The zero-order valence-corrected chi connectivity index (χ0v) is 12.2. The van der Waals surface area contributed by atoms with Gasteiger partial charge in [0.2, 0.25) is 5.88 Å². The molecular weight excluding hydrogens is 326 g/mol. The molecule has 0 aliphatic rings. The number of halogens is 1. The second kappa shape index (κ2) is 6.33. The average Bonchev–Trinajstić information content (AvgIpc) is 2.41. The van der Waals surface area contributed by atoms with Gasteiger partial charge >= 0.3 is 5.97 Å². The van der Waals surface area contributed by atoms with Gasteiger partial charge in [-0.05, 0) is 24.3 Å². The van der Waals surface area contributed by atoms with Crippen molar-refractivity contribution in [2.75, 3.05) is 18.5 Å². The molecule has 1 N–H and O–H groups in total. The monoisotopic (exact) mass is 337 g/mol. The molecule has 2 aromatic rings. The van der Waals surface area contributed by atoms with Crippen molar-refractivity contribution >= 4 is 27.7 Å². The highest BCUT2D eigenvalue weighted by Crippen LogP contribution is 2.21. The quantitative estimate of drug-likeness (QED) is 0.903. The van der Waals surface area contributed by atoms with Crippen LogP contribution < -0.4 is 9.64 Å². The highest BCUT2D eigenvalue weighted by molar-refractivity contribution is 9.10. The molecular formula is C13H12BrN3O3. The van der Waals surface area contributed by atoms with Gasteiger partial charge in [0.25, 0.3) is 0 Å². The summed E-state index contributed by atoms with van der Waals surface area (Å²) in [5, 5.41) is 8.70. The van der Waals surface area contributed by atoms with Gasteiger partial charge < -0.3 is 14.7 Å². The molecule has 0 fully saturated rings. The second-order valence-corrected chi connectivity index (χ2v) is 4.93. The first-order valence-corrected chi connectivity index (χ1v) is 6.52. The van der Waals surface area contributed by atoms with E-state index in [4.69, 9.17) is 9.84 Å². The summed E-state index contributed by atoms with van der Waals surface area (Å²) < 4.78 is 6.48. The standard InChI is InChI=1S/C13H12BrN3O3/c1-17(8-13(18)19)11-6-16-12(7-15-11)20-10-4-2-9(14)3-5-10/h2-7H,8H2,1H3,(H,18,19). The van der Waals surface area contributed by atoms with Crippen LogP contribution in [0.1, 0.15) is 0 Å². The Balaban J connectivity index is 2.04. The molecule has 1 aromatic heterocycles. The number of nitrogens with zero attached hydrogens (tertiary/aromatic N) is 3. The van der Waals surface area contributed by atoms with Gasteiger partial charge in [0.05, 0.1) is 12.4 Å². The Hall–Kier alpha value is -2.15. The Bertz CT molecular complexity index is 587. The Morgan fingerprint density at radius 2 is 2.00 bits per heavy atom. The Morgan fingerprint density at radius 3 is 2.55 bits per heavy atom. The first kappa shape index (κ1) is 14.3. The maximum Gasteiger partial charge on any atom is 0.323 e. The maximum absolute atomic E-state index is 10.6. The van der Waals surface area contributed by atoms with Crippen LogP contribution in [0.5, 0.6) is 11.6 Å². The lowest BCUT2D eigenvalue weighted by molar-refractivity contribution is -0.135. The Kier molecular flexibility index (Phi) is 4.52. The van der Waals surface area contributed by atoms with Crippen molar-refractivity contribution in [1.29, 1.82) is 0 Å². The number of ether oxygens (including phenoxy) is 1. The molecule has 0 unspecified atom stereocenters. The van der Waals surface area contributed by atoms with E-state index in [0.717, 1.165) is 4.47 Å². The van der Waals surface area contributed by atoms with Gasteiger partial charge in [-0.15, -0.1) is 0 Å². The van der Waals surface area contributed by atoms with E-state index in [9.17, 15) is 4.79 Å². The number of rotatable bonds is 5. The number of benzene rings is 1. The number of anilines is 1. The van der Waals surface area contributed by atoms with Gasteiger partial charge in [-0.2, -0.15) is 0 Å². The fourth-order valence-electron chi connectivity index (χ4n) is 1.47. The minimum absolute atomic E-state index is 0.137. The molecule has 0 atom stereocenters. The zero-order chi connectivity index (χ0) is 14.5. The maximum atomic E-state index is 10.6. The topological polar surface area (TPSA) is 75.6 Å². The Morgan fingerprint density at radius 1 is 1.30 bits per heavy atom. The first-order valence-electron chi connectivity index (χ1n) is 5.73. The summed E-state index contributed by atoms with van der Waals surface area (Å²) in [6.07, 6.45) is 2.92. The third kappa shape index (κ3) is 3.92. The molecule has 2 rings (SSSR count). The van der Waals surface area contributed by atoms with Crippen molar-refractivity contribution in [3.8, 4) is 11.6 Å². The summed E-state index contributed by atoms with van der Waals surface area (Å²) >= 11 is 3.34. The largest absolute Gasteiger partial charge is 0.480 e. The van der Waals surface area contributed by atoms with Crippen LogP contribution in [0.3, 0.4) is 0 Å². The van der Waals surface area contributed by atoms with Crippen molar-refractivity contribution in [2.45, 2.75) is 0 Å². The van der Waals surface area contributed by atoms with Gasteiger partial charge in [0, 0.05) is 11.5 Å². The molecule has 1 heterocycles. The molecule has 0 saturated heterocycles. The predicted octanol–water partition coefficient (Wildman–Crippen LogP) is 2.55. The highest BCUT2D eigenvalue weighted by Gasteiger charge is 2.08. The molecule has 104 valence electrons. The summed E-state index contributed by atoms with van der Waals surface area (Å²) in [4.78, 5) is 20.3. The number of hydrogen-bond donors (Lipinski definition) is 1. The van der Waals surface area contributed by atoms with Gasteiger partial charge in [-0.1, -0.05) is 15.9 Å². The van der Waals surface area contributed by atoms with Crippen LogP contribution in [-0.2, 0) is 4.79 Å². The van der Waals surface area contributed by atoms with Crippen LogP contribution in [-0.4, -0.2) is 34.6 Å².